The second kappa shape index (κ2) is 7.71. The van der Waals surface area contributed by atoms with Crippen LogP contribution >= 0.6 is 15.9 Å². The van der Waals surface area contributed by atoms with Gasteiger partial charge >= 0.3 is 0 Å². The van der Waals surface area contributed by atoms with Gasteiger partial charge in [-0.25, -0.2) is 4.68 Å². The van der Waals surface area contributed by atoms with Crippen molar-refractivity contribution < 1.29 is 0 Å². The standard InChI is InChI=1S/C16H23BrN4/c1-4-8-18-16(13-6-7-14(17)12(3)10-13)15-11-19-20-21(15)9-5-2/h6-7,10-11,16,18H,4-5,8-9H2,1-3H3. The smallest absolute Gasteiger partial charge is 0.0801 e. The minimum Gasteiger partial charge on any atom is -0.305 e. The van der Waals surface area contributed by atoms with Crippen LogP contribution in [-0.2, 0) is 6.54 Å². The summed E-state index contributed by atoms with van der Waals surface area (Å²) in [5.74, 6) is 0. The number of nitrogens with one attached hydrogen (secondary N) is 1. The highest BCUT2D eigenvalue weighted by atomic mass is 79.9. The zero-order valence-corrected chi connectivity index (χ0v) is 14.5. The van der Waals surface area contributed by atoms with Crippen LogP contribution in [0.1, 0.15) is 49.6 Å². The lowest BCUT2D eigenvalue weighted by atomic mass is 10.0. The zero-order chi connectivity index (χ0) is 15.2. The van der Waals surface area contributed by atoms with Crippen LogP contribution in [0.3, 0.4) is 0 Å². The summed E-state index contributed by atoms with van der Waals surface area (Å²) in [5.41, 5.74) is 3.63. The average Bonchev–Trinajstić information content (AvgIpc) is 2.92. The van der Waals surface area contributed by atoms with Crippen LogP contribution in [0.25, 0.3) is 0 Å². The number of nitrogens with zero attached hydrogens (tertiary/aromatic N) is 3. The van der Waals surface area contributed by atoms with Gasteiger partial charge in [0, 0.05) is 11.0 Å². The Morgan fingerprint density at radius 2 is 2.10 bits per heavy atom. The van der Waals surface area contributed by atoms with Gasteiger partial charge in [0.15, 0.2) is 0 Å². The molecule has 1 unspecified atom stereocenters. The third-order valence-corrected chi connectivity index (χ3v) is 4.38. The lowest BCUT2D eigenvalue weighted by Gasteiger charge is -2.20. The molecule has 5 heteroatoms. The fourth-order valence-corrected chi connectivity index (χ4v) is 2.65. The molecule has 0 saturated carbocycles. The quantitative estimate of drug-likeness (QED) is 0.824. The molecule has 0 aliphatic carbocycles. The molecule has 1 N–H and O–H groups in total. The van der Waals surface area contributed by atoms with E-state index in [-0.39, 0.29) is 6.04 Å². The number of aromatic nitrogens is 3. The summed E-state index contributed by atoms with van der Waals surface area (Å²) in [6.07, 6.45) is 4.03. The van der Waals surface area contributed by atoms with Crippen LogP contribution in [0.4, 0.5) is 0 Å². The molecule has 0 fully saturated rings. The van der Waals surface area contributed by atoms with Gasteiger partial charge < -0.3 is 5.32 Å². The van der Waals surface area contributed by atoms with E-state index in [2.05, 4.69) is 70.5 Å². The van der Waals surface area contributed by atoms with E-state index in [9.17, 15) is 0 Å². The Balaban J connectivity index is 2.37. The van der Waals surface area contributed by atoms with Crippen molar-refractivity contribution in [2.75, 3.05) is 6.54 Å². The Labute approximate surface area is 135 Å². The molecule has 0 saturated heterocycles. The first kappa shape index (κ1) is 16.2. The van der Waals surface area contributed by atoms with Crippen molar-refractivity contribution in [1.82, 2.24) is 20.3 Å². The van der Waals surface area contributed by atoms with E-state index in [4.69, 9.17) is 0 Å². The molecular formula is C16H23BrN4. The summed E-state index contributed by atoms with van der Waals surface area (Å²) in [4.78, 5) is 0. The van der Waals surface area contributed by atoms with Gasteiger partial charge in [-0.3, -0.25) is 0 Å². The van der Waals surface area contributed by atoms with Gasteiger partial charge in [0.05, 0.1) is 17.9 Å². The summed E-state index contributed by atoms with van der Waals surface area (Å²) in [6.45, 7) is 8.32. The lowest BCUT2D eigenvalue weighted by Crippen LogP contribution is -2.26. The van der Waals surface area contributed by atoms with Crippen molar-refractivity contribution in [3.05, 3.63) is 45.7 Å². The number of halogens is 1. The van der Waals surface area contributed by atoms with E-state index in [1.54, 1.807) is 0 Å². The fraction of sp³-hybridized carbons (Fsp3) is 0.500. The third-order valence-electron chi connectivity index (χ3n) is 3.49. The molecule has 0 spiro atoms. The van der Waals surface area contributed by atoms with Crippen LogP contribution < -0.4 is 5.32 Å². The molecule has 2 aromatic rings. The molecular weight excluding hydrogens is 328 g/mol. The summed E-state index contributed by atoms with van der Waals surface area (Å²) in [7, 11) is 0. The molecule has 21 heavy (non-hydrogen) atoms. The van der Waals surface area contributed by atoms with Gasteiger partial charge in [-0.15, -0.1) is 5.10 Å². The Kier molecular flexibility index (Phi) is 5.94. The Hall–Kier alpha value is -1.20. The van der Waals surface area contributed by atoms with Crippen LogP contribution in [0, 0.1) is 6.92 Å². The van der Waals surface area contributed by atoms with E-state index < -0.39 is 0 Å². The monoisotopic (exact) mass is 350 g/mol. The molecule has 1 aromatic carbocycles. The highest BCUT2D eigenvalue weighted by molar-refractivity contribution is 9.10. The second-order valence-electron chi connectivity index (χ2n) is 5.28. The fourth-order valence-electron chi connectivity index (χ4n) is 2.40. The molecule has 0 radical (unpaired) electrons. The van der Waals surface area contributed by atoms with Crippen LogP contribution in [0.2, 0.25) is 0 Å². The van der Waals surface area contributed by atoms with Crippen LogP contribution in [0.5, 0.6) is 0 Å². The molecule has 1 heterocycles. The van der Waals surface area contributed by atoms with Crippen molar-refractivity contribution in [3.63, 3.8) is 0 Å². The molecule has 0 aliphatic heterocycles. The zero-order valence-electron chi connectivity index (χ0n) is 12.9. The number of hydrogen-bond acceptors (Lipinski definition) is 3. The molecule has 4 nitrogen and oxygen atoms in total. The summed E-state index contributed by atoms with van der Waals surface area (Å²) in [5, 5.41) is 11.9. The second-order valence-corrected chi connectivity index (χ2v) is 6.13. The lowest BCUT2D eigenvalue weighted by molar-refractivity contribution is 0.504. The Bertz CT molecular complexity index is 579. The Morgan fingerprint density at radius 1 is 1.29 bits per heavy atom. The largest absolute Gasteiger partial charge is 0.305 e. The first-order valence-corrected chi connectivity index (χ1v) is 8.34. The van der Waals surface area contributed by atoms with E-state index in [1.165, 1.54) is 11.1 Å². The van der Waals surface area contributed by atoms with Crippen LogP contribution in [-0.4, -0.2) is 21.5 Å². The molecule has 114 valence electrons. The van der Waals surface area contributed by atoms with Crippen LogP contribution in [0.15, 0.2) is 28.9 Å². The minimum atomic E-state index is 0.137. The average molecular weight is 351 g/mol. The normalized spacial score (nSPS) is 12.6. The van der Waals surface area contributed by atoms with Gasteiger partial charge in [-0.05, 0) is 43.5 Å². The maximum Gasteiger partial charge on any atom is 0.0801 e. The summed E-state index contributed by atoms with van der Waals surface area (Å²) < 4.78 is 3.14. The van der Waals surface area contributed by atoms with Gasteiger partial charge in [0.2, 0.25) is 0 Å². The minimum absolute atomic E-state index is 0.137. The SMILES string of the molecule is CCCNC(c1ccc(Br)c(C)c1)c1cnnn1CCC. The number of rotatable bonds is 7. The molecule has 1 aromatic heterocycles. The molecule has 0 bridgehead atoms. The van der Waals surface area contributed by atoms with Gasteiger partial charge in [0.1, 0.15) is 0 Å². The molecule has 2 rings (SSSR count). The molecule has 0 aliphatic rings. The van der Waals surface area contributed by atoms with E-state index in [0.717, 1.165) is 36.1 Å². The van der Waals surface area contributed by atoms with Gasteiger partial charge in [0.25, 0.3) is 0 Å². The summed E-state index contributed by atoms with van der Waals surface area (Å²) >= 11 is 3.57. The molecule has 1 atom stereocenters. The van der Waals surface area contributed by atoms with E-state index in [0.29, 0.717) is 0 Å². The number of benzene rings is 1. The number of hydrogen-bond donors (Lipinski definition) is 1. The van der Waals surface area contributed by atoms with E-state index in [1.807, 2.05) is 10.9 Å². The van der Waals surface area contributed by atoms with Crippen molar-refractivity contribution >= 4 is 15.9 Å². The van der Waals surface area contributed by atoms with Gasteiger partial charge in [-0.1, -0.05) is 47.1 Å². The first-order valence-electron chi connectivity index (χ1n) is 7.55. The van der Waals surface area contributed by atoms with Crippen molar-refractivity contribution in [2.24, 2.45) is 0 Å². The maximum atomic E-state index is 4.22. The number of aryl methyl sites for hydroxylation is 2. The Morgan fingerprint density at radius 3 is 2.76 bits per heavy atom. The third kappa shape index (κ3) is 3.92. The van der Waals surface area contributed by atoms with E-state index >= 15 is 0 Å². The molecule has 0 amide bonds. The first-order chi connectivity index (χ1) is 10.2. The summed E-state index contributed by atoms with van der Waals surface area (Å²) in [6, 6.07) is 6.63. The van der Waals surface area contributed by atoms with Crippen molar-refractivity contribution in [2.45, 2.75) is 46.2 Å². The van der Waals surface area contributed by atoms with Crippen molar-refractivity contribution in [1.29, 1.82) is 0 Å². The predicted octanol–water partition coefficient (Wildman–Crippen LogP) is 3.85. The highest BCUT2D eigenvalue weighted by Crippen LogP contribution is 2.25. The van der Waals surface area contributed by atoms with Crippen molar-refractivity contribution in [3.8, 4) is 0 Å². The highest BCUT2D eigenvalue weighted by Gasteiger charge is 2.19. The van der Waals surface area contributed by atoms with Gasteiger partial charge in [-0.2, -0.15) is 0 Å². The maximum absolute atomic E-state index is 4.22. The topological polar surface area (TPSA) is 42.7 Å². The predicted molar refractivity (Wildman–Crippen MR) is 89.3 cm³/mol.